The van der Waals surface area contributed by atoms with Crippen molar-refractivity contribution in [2.24, 2.45) is 0 Å². The Hall–Kier alpha value is -4.40. The Morgan fingerprint density at radius 3 is 2.43 bits per heavy atom. The number of benzene rings is 3. The minimum absolute atomic E-state index is 0.0695. The number of carbonyl (C=O) groups is 2. The molecular formula is C31H21ClN2O3. The van der Waals surface area contributed by atoms with Crippen LogP contribution in [0.1, 0.15) is 50.5 Å². The summed E-state index contributed by atoms with van der Waals surface area (Å²) < 4.78 is 0. The number of rotatable bonds is 3. The highest BCUT2D eigenvalue weighted by Crippen LogP contribution is 2.65. The molecule has 6 rings (SSSR count). The molecule has 6 heteroatoms. The van der Waals surface area contributed by atoms with E-state index in [0.29, 0.717) is 22.7 Å². The van der Waals surface area contributed by atoms with Crippen molar-refractivity contribution in [3.63, 3.8) is 0 Å². The molecule has 180 valence electrons. The van der Waals surface area contributed by atoms with E-state index in [1.54, 1.807) is 25.4 Å². The van der Waals surface area contributed by atoms with Gasteiger partial charge in [-0.05, 0) is 78.1 Å². The lowest BCUT2D eigenvalue weighted by molar-refractivity contribution is -0.118. The molecule has 0 radical (unpaired) electrons. The van der Waals surface area contributed by atoms with Crippen molar-refractivity contribution >= 4 is 29.2 Å². The van der Waals surface area contributed by atoms with Gasteiger partial charge in [0.15, 0.2) is 0 Å². The quantitative estimate of drug-likeness (QED) is 0.326. The topological polar surface area (TPSA) is 79.3 Å². The highest BCUT2D eigenvalue weighted by molar-refractivity contribution is 6.34. The zero-order valence-electron chi connectivity index (χ0n) is 19.9. The number of aromatic nitrogens is 1. The van der Waals surface area contributed by atoms with Crippen LogP contribution in [0.15, 0.2) is 79.1 Å². The largest absolute Gasteiger partial charge is 0.478 e. The highest BCUT2D eigenvalue weighted by atomic mass is 35.5. The zero-order valence-corrected chi connectivity index (χ0v) is 20.6. The van der Waals surface area contributed by atoms with Gasteiger partial charge in [-0.2, -0.15) is 0 Å². The molecule has 1 aliphatic carbocycles. The first kappa shape index (κ1) is 23.0. The van der Waals surface area contributed by atoms with Gasteiger partial charge in [-0.1, -0.05) is 47.7 Å². The maximum absolute atomic E-state index is 13.2. The summed E-state index contributed by atoms with van der Waals surface area (Å²) in [5.41, 5.74) is 6.27. The average molecular weight is 505 g/mol. The zero-order chi connectivity index (χ0) is 25.7. The predicted octanol–water partition coefficient (Wildman–Crippen LogP) is 6.19. The van der Waals surface area contributed by atoms with Crippen molar-refractivity contribution in [3.8, 4) is 23.0 Å². The maximum Gasteiger partial charge on any atom is 0.335 e. The summed E-state index contributed by atoms with van der Waals surface area (Å²) >= 11 is 6.66. The summed E-state index contributed by atoms with van der Waals surface area (Å²) in [4.78, 5) is 28.9. The van der Waals surface area contributed by atoms with Crippen LogP contribution in [0.25, 0.3) is 11.1 Å². The van der Waals surface area contributed by atoms with Crippen molar-refractivity contribution in [3.05, 3.63) is 118 Å². The van der Waals surface area contributed by atoms with Crippen LogP contribution in [-0.4, -0.2) is 22.0 Å². The Morgan fingerprint density at radius 1 is 1.03 bits per heavy atom. The number of aryl methyl sites for hydroxylation is 1. The third-order valence-corrected chi connectivity index (χ3v) is 7.64. The van der Waals surface area contributed by atoms with E-state index < -0.39 is 11.4 Å². The van der Waals surface area contributed by atoms with Gasteiger partial charge in [0.2, 0.25) is 5.91 Å². The van der Waals surface area contributed by atoms with Gasteiger partial charge >= 0.3 is 5.97 Å². The smallest absolute Gasteiger partial charge is 0.335 e. The monoisotopic (exact) mass is 504 g/mol. The molecule has 3 aromatic carbocycles. The van der Waals surface area contributed by atoms with Crippen molar-refractivity contribution in [1.82, 2.24) is 4.98 Å². The number of pyridine rings is 1. The van der Waals surface area contributed by atoms with E-state index in [9.17, 15) is 14.7 Å². The first-order chi connectivity index (χ1) is 17.9. The van der Waals surface area contributed by atoms with Gasteiger partial charge in [0.25, 0.3) is 0 Å². The number of carboxylic acids is 1. The Kier molecular flexibility index (Phi) is 5.36. The van der Waals surface area contributed by atoms with E-state index in [-0.39, 0.29) is 17.4 Å². The molecule has 0 bridgehead atoms. The fourth-order valence-corrected chi connectivity index (χ4v) is 5.51. The number of carboxylic acid groups (broad SMARTS) is 1. The molecule has 1 aromatic heterocycles. The molecule has 2 aliphatic rings. The van der Waals surface area contributed by atoms with Crippen LogP contribution in [0, 0.1) is 18.8 Å². The Bertz CT molecular complexity index is 1650. The maximum atomic E-state index is 13.2. The third-order valence-electron chi connectivity index (χ3n) is 7.32. The van der Waals surface area contributed by atoms with Gasteiger partial charge in [0.1, 0.15) is 0 Å². The van der Waals surface area contributed by atoms with E-state index in [1.165, 1.54) is 0 Å². The number of fused-ring (bicyclic) bond motifs is 2. The molecule has 1 fully saturated rings. The van der Waals surface area contributed by atoms with Crippen molar-refractivity contribution < 1.29 is 14.7 Å². The molecule has 1 aliphatic heterocycles. The van der Waals surface area contributed by atoms with Crippen molar-refractivity contribution in [2.75, 3.05) is 5.32 Å². The summed E-state index contributed by atoms with van der Waals surface area (Å²) in [7, 11) is 0. The van der Waals surface area contributed by atoms with Gasteiger partial charge in [-0.15, -0.1) is 0 Å². The number of amides is 1. The average Bonchev–Trinajstić information content (AvgIpc) is 3.59. The van der Waals surface area contributed by atoms with Crippen LogP contribution in [0.5, 0.6) is 0 Å². The Labute approximate surface area is 219 Å². The molecule has 37 heavy (non-hydrogen) atoms. The fourth-order valence-electron chi connectivity index (χ4n) is 5.24. The molecule has 2 atom stereocenters. The van der Waals surface area contributed by atoms with Crippen molar-refractivity contribution in [1.29, 1.82) is 0 Å². The SMILES string of the molecule is Cc1ccc(C2CC23C(=O)Nc2cc(Cl)c(-c4ccc(C#Cc5ccncc5)cc4)cc23)cc1C(=O)O. The number of anilines is 1. The third kappa shape index (κ3) is 3.87. The summed E-state index contributed by atoms with van der Waals surface area (Å²) in [5, 5.41) is 13.1. The molecule has 2 N–H and O–H groups in total. The molecule has 1 spiro atoms. The summed E-state index contributed by atoms with van der Waals surface area (Å²) in [6.45, 7) is 1.78. The summed E-state index contributed by atoms with van der Waals surface area (Å²) in [6.07, 6.45) is 4.05. The van der Waals surface area contributed by atoms with E-state index in [0.717, 1.165) is 33.4 Å². The van der Waals surface area contributed by atoms with Gasteiger partial charge in [-0.25, -0.2) is 4.79 Å². The molecule has 0 saturated heterocycles. The lowest BCUT2D eigenvalue weighted by Crippen LogP contribution is -2.21. The summed E-state index contributed by atoms with van der Waals surface area (Å²) in [6, 6.07) is 20.8. The highest BCUT2D eigenvalue weighted by Gasteiger charge is 2.65. The van der Waals surface area contributed by atoms with Gasteiger partial charge < -0.3 is 10.4 Å². The van der Waals surface area contributed by atoms with E-state index >= 15 is 0 Å². The number of aromatic carboxylic acids is 1. The number of halogens is 1. The number of hydrogen-bond acceptors (Lipinski definition) is 3. The lowest BCUT2D eigenvalue weighted by Gasteiger charge is -2.13. The molecule has 2 heterocycles. The summed E-state index contributed by atoms with van der Waals surface area (Å²) in [5.74, 6) is 5.16. The van der Waals surface area contributed by atoms with Gasteiger partial charge in [0.05, 0.1) is 16.0 Å². The molecule has 5 nitrogen and oxygen atoms in total. The Morgan fingerprint density at radius 2 is 1.73 bits per heavy atom. The van der Waals surface area contributed by atoms with Crippen LogP contribution in [0.2, 0.25) is 5.02 Å². The molecule has 2 unspecified atom stereocenters. The second-order valence-corrected chi connectivity index (χ2v) is 9.91. The van der Waals surface area contributed by atoms with Gasteiger partial charge in [-0.3, -0.25) is 9.78 Å². The van der Waals surface area contributed by atoms with Crippen LogP contribution >= 0.6 is 11.6 Å². The van der Waals surface area contributed by atoms with E-state index in [1.807, 2.05) is 60.7 Å². The van der Waals surface area contributed by atoms with Crippen LogP contribution in [0.4, 0.5) is 5.69 Å². The minimum Gasteiger partial charge on any atom is -0.478 e. The first-order valence-corrected chi connectivity index (χ1v) is 12.3. The molecule has 1 saturated carbocycles. The Balaban J connectivity index is 1.33. The van der Waals surface area contributed by atoms with Crippen molar-refractivity contribution in [2.45, 2.75) is 24.7 Å². The first-order valence-electron chi connectivity index (χ1n) is 11.9. The predicted molar refractivity (Wildman–Crippen MR) is 143 cm³/mol. The number of nitrogens with zero attached hydrogens (tertiary/aromatic N) is 1. The lowest BCUT2D eigenvalue weighted by atomic mass is 9.89. The van der Waals surface area contributed by atoms with Crippen LogP contribution in [0.3, 0.4) is 0 Å². The van der Waals surface area contributed by atoms with E-state index in [4.69, 9.17) is 11.6 Å². The van der Waals surface area contributed by atoms with Crippen LogP contribution in [-0.2, 0) is 10.2 Å². The number of carbonyl (C=O) groups excluding carboxylic acids is 1. The van der Waals surface area contributed by atoms with Gasteiger partial charge in [0, 0.05) is 40.7 Å². The fraction of sp³-hybridized carbons (Fsp3) is 0.129. The second kappa shape index (κ2) is 8.62. The van der Waals surface area contributed by atoms with E-state index in [2.05, 4.69) is 22.1 Å². The van der Waals surface area contributed by atoms with Crippen LogP contribution < -0.4 is 5.32 Å². The molecular weight excluding hydrogens is 484 g/mol. The minimum atomic E-state index is -0.965. The molecule has 4 aromatic rings. The second-order valence-electron chi connectivity index (χ2n) is 9.50. The number of hydrogen-bond donors (Lipinski definition) is 2. The standard InChI is InChI=1S/C31H21ClN2O3/c1-18-2-7-22(14-23(18)29(35)36)26-17-31(26)25-15-24(27(32)16-28(25)34-30(31)37)21-8-5-19(6-9-21)3-4-20-10-12-33-13-11-20/h2,5-16,26H,17H2,1H3,(H,34,37)(H,35,36). The molecule has 1 amide bonds. The number of nitrogens with one attached hydrogen (secondary N) is 1. The normalized spacial score (nSPS) is 19.1.